The van der Waals surface area contributed by atoms with Crippen molar-refractivity contribution in [1.29, 1.82) is 0 Å². The second-order valence-electron chi connectivity index (χ2n) is 7.87. The number of phenolic OH excluding ortho intramolecular Hbond substituents is 1. The smallest absolute Gasteiger partial charge is 0.259 e. The van der Waals surface area contributed by atoms with E-state index in [0.29, 0.717) is 23.7 Å². The van der Waals surface area contributed by atoms with Crippen molar-refractivity contribution in [2.24, 2.45) is 0 Å². The Kier molecular flexibility index (Phi) is 5.82. The van der Waals surface area contributed by atoms with E-state index in [9.17, 15) is 14.3 Å². The number of carbonyl (C=O) groups is 1. The van der Waals surface area contributed by atoms with Gasteiger partial charge in [0, 0.05) is 11.6 Å². The fraction of sp³-hybridized carbons (Fsp3) is 0.111. The average Bonchev–Trinajstić information content (AvgIpc) is 3.18. The summed E-state index contributed by atoms with van der Waals surface area (Å²) in [6, 6.07) is 25.0. The predicted molar refractivity (Wildman–Crippen MR) is 124 cm³/mol. The molecule has 0 fully saturated rings. The Labute approximate surface area is 195 Å². The molecule has 0 saturated heterocycles. The van der Waals surface area contributed by atoms with Crippen molar-refractivity contribution in [3.63, 3.8) is 0 Å². The number of phenols is 1. The zero-order valence-electron chi connectivity index (χ0n) is 18.1. The zero-order valence-corrected chi connectivity index (χ0v) is 18.1. The third kappa shape index (κ3) is 4.41. The maximum Gasteiger partial charge on any atom is 0.259 e. The maximum absolute atomic E-state index is 13.9. The van der Waals surface area contributed by atoms with E-state index in [4.69, 9.17) is 9.47 Å². The van der Waals surface area contributed by atoms with Gasteiger partial charge in [-0.15, -0.1) is 0 Å². The molecule has 1 aliphatic rings. The lowest BCUT2D eigenvalue weighted by Crippen LogP contribution is -2.24. The summed E-state index contributed by atoms with van der Waals surface area (Å²) in [5.41, 5.74) is 3.10. The highest BCUT2D eigenvalue weighted by atomic mass is 19.1. The molecule has 3 aromatic carbocycles. The number of anilines is 1. The molecule has 1 aromatic heterocycles. The van der Waals surface area contributed by atoms with Crippen LogP contribution in [-0.4, -0.2) is 16.0 Å². The van der Waals surface area contributed by atoms with Crippen LogP contribution in [0.25, 0.3) is 0 Å². The Morgan fingerprint density at radius 1 is 0.882 bits per heavy atom. The number of nitrogens with zero attached hydrogens (tertiary/aromatic N) is 2. The van der Waals surface area contributed by atoms with Gasteiger partial charge in [-0.3, -0.25) is 9.69 Å². The summed E-state index contributed by atoms with van der Waals surface area (Å²) in [7, 11) is 0. The van der Waals surface area contributed by atoms with Gasteiger partial charge in [-0.05, 0) is 34.9 Å². The minimum Gasteiger partial charge on any atom is -0.505 e. The highest BCUT2D eigenvalue weighted by Crippen LogP contribution is 2.37. The first-order valence-electron chi connectivity index (χ1n) is 10.8. The molecular weight excluding hydrogens is 435 g/mol. The third-order valence-electron chi connectivity index (χ3n) is 5.53. The van der Waals surface area contributed by atoms with Crippen LogP contribution >= 0.6 is 0 Å². The second-order valence-corrected chi connectivity index (χ2v) is 7.87. The van der Waals surface area contributed by atoms with E-state index in [0.717, 1.165) is 17.2 Å². The lowest BCUT2D eigenvalue weighted by Gasteiger charge is -2.20. The van der Waals surface area contributed by atoms with E-state index in [1.807, 2.05) is 60.7 Å². The fourth-order valence-electron chi connectivity index (χ4n) is 3.78. The molecule has 0 aliphatic carbocycles. The average molecular weight is 456 g/mol. The van der Waals surface area contributed by atoms with Gasteiger partial charge in [0.2, 0.25) is 11.8 Å². The van der Waals surface area contributed by atoms with Gasteiger partial charge in [-0.1, -0.05) is 60.7 Å². The summed E-state index contributed by atoms with van der Waals surface area (Å²) in [4.78, 5) is 19.0. The number of hydrogen-bond acceptors (Lipinski definition) is 5. The van der Waals surface area contributed by atoms with Gasteiger partial charge in [0.05, 0.1) is 6.54 Å². The Morgan fingerprint density at radius 3 is 2.21 bits per heavy atom. The molecule has 0 atom stereocenters. The molecule has 6 nitrogen and oxygen atoms in total. The number of ether oxygens (including phenoxy) is 2. The lowest BCUT2D eigenvalue weighted by atomic mass is 10.1. The Bertz CT molecular complexity index is 1330. The second kappa shape index (κ2) is 9.23. The highest BCUT2D eigenvalue weighted by molar-refractivity contribution is 6.10. The van der Waals surface area contributed by atoms with Crippen LogP contribution in [0.4, 0.5) is 10.1 Å². The van der Waals surface area contributed by atoms with Crippen molar-refractivity contribution in [2.45, 2.75) is 19.8 Å². The summed E-state index contributed by atoms with van der Waals surface area (Å²) >= 11 is 0. The molecule has 0 saturated carbocycles. The van der Waals surface area contributed by atoms with E-state index >= 15 is 0 Å². The summed E-state index contributed by atoms with van der Waals surface area (Å²) < 4.78 is 25.7. The number of amides is 1. The van der Waals surface area contributed by atoms with Crippen LogP contribution in [0.1, 0.15) is 27.0 Å². The minimum atomic E-state index is -0.836. The number of pyridine rings is 1. The van der Waals surface area contributed by atoms with Gasteiger partial charge in [-0.25, -0.2) is 4.39 Å². The molecule has 0 bridgehead atoms. The molecule has 5 rings (SSSR count). The van der Waals surface area contributed by atoms with E-state index < -0.39 is 17.5 Å². The number of rotatable bonds is 7. The molecule has 1 amide bonds. The van der Waals surface area contributed by atoms with Crippen LogP contribution in [0.5, 0.6) is 17.5 Å². The van der Waals surface area contributed by atoms with Gasteiger partial charge >= 0.3 is 0 Å². The summed E-state index contributed by atoms with van der Waals surface area (Å²) in [5.74, 6) is -1.14. The molecular formula is C27H21FN2O4. The first-order valence-corrected chi connectivity index (χ1v) is 10.8. The molecule has 1 N–H and O–H groups in total. The van der Waals surface area contributed by atoms with Crippen molar-refractivity contribution in [3.8, 4) is 17.5 Å². The van der Waals surface area contributed by atoms with Gasteiger partial charge in [0.1, 0.15) is 18.9 Å². The largest absolute Gasteiger partial charge is 0.505 e. The lowest BCUT2D eigenvalue weighted by molar-refractivity contribution is 0.0995. The number of fused-ring (bicyclic) bond motifs is 1. The van der Waals surface area contributed by atoms with Crippen molar-refractivity contribution in [1.82, 2.24) is 4.98 Å². The maximum atomic E-state index is 13.9. The summed E-state index contributed by atoms with van der Waals surface area (Å²) in [6.07, 6.45) is 0. The number of aromatic hydroxyl groups is 1. The molecule has 1 aliphatic heterocycles. The van der Waals surface area contributed by atoms with Crippen LogP contribution in [0.2, 0.25) is 0 Å². The van der Waals surface area contributed by atoms with Gasteiger partial charge in [0.15, 0.2) is 11.6 Å². The first-order chi connectivity index (χ1) is 16.6. The van der Waals surface area contributed by atoms with E-state index in [1.165, 1.54) is 11.0 Å². The third-order valence-corrected chi connectivity index (χ3v) is 5.53. The van der Waals surface area contributed by atoms with Gasteiger partial charge < -0.3 is 14.6 Å². The van der Waals surface area contributed by atoms with Crippen molar-refractivity contribution >= 4 is 11.6 Å². The fourth-order valence-corrected chi connectivity index (χ4v) is 3.78. The van der Waals surface area contributed by atoms with E-state index in [-0.39, 0.29) is 24.6 Å². The Morgan fingerprint density at radius 2 is 1.53 bits per heavy atom. The van der Waals surface area contributed by atoms with E-state index in [2.05, 4.69) is 4.98 Å². The van der Waals surface area contributed by atoms with Crippen LogP contribution in [0.3, 0.4) is 0 Å². The van der Waals surface area contributed by atoms with Crippen LogP contribution in [-0.2, 0) is 19.8 Å². The molecule has 0 spiro atoms. The predicted octanol–water partition coefficient (Wildman–Crippen LogP) is 5.24. The first kappa shape index (κ1) is 21.5. The van der Waals surface area contributed by atoms with Crippen LogP contribution in [0.15, 0.2) is 84.9 Å². The standard InChI is InChI=1S/C27H21FN2O4/c28-22-14-21-20(13-24(22)31)15-30(27(21)32)23-11-12-25(33-16-18-7-3-1-4-8-18)29-26(23)34-17-19-9-5-2-6-10-19/h1-14,31H,15-17H2. The monoisotopic (exact) mass is 456 g/mol. The summed E-state index contributed by atoms with van der Waals surface area (Å²) in [6.45, 7) is 0.737. The van der Waals surface area contributed by atoms with E-state index in [1.54, 1.807) is 12.1 Å². The van der Waals surface area contributed by atoms with Crippen molar-refractivity contribution in [3.05, 3.63) is 113 Å². The molecule has 4 aromatic rings. The highest BCUT2D eigenvalue weighted by Gasteiger charge is 2.32. The number of carbonyl (C=O) groups excluding carboxylic acids is 1. The zero-order chi connectivity index (χ0) is 23.5. The molecule has 0 radical (unpaired) electrons. The normalized spacial score (nSPS) is 12.5. The topological polar surface area (TPSA) is 71.9 Å². The molecule has 34 heavy (non-hydrogen) atoms. The van der Waals surface area contributed by atoms with Gasteiger partial charge in [0.25, 0.3) is 5.91 Å². The van der Waals surface area contributed by atoms with Crippen molar-refractivity contribution < 1.29 is 23.8 Å². The quantitative estimate of drug-likeness (QED) is 0.412. The molecule has 7 heteroatoms. The summed E-state index contributed by atoms with van der Waals surface area (Å²) in [5, 5.41) is 9.72. The van der Waals surface area contributed by atoms with Gasteiger partial charge in [-0.2, -0.15) is 4.98 Å². The number of aromatic nitrogens is 1. The van der Waals surface area contributed by atoms with Crippen molar-refractivity contribution in [2.75, 3.05) is 4.90 Å². The molecule has 2 heterocycles. The van der Waals surface area contributed by atoms with Crippen LogP contribution in [0, 0.1) is 5.82 Å². The minimum absolute atomic E-state index is 0.162. The molecule has 0 unspecified atom stereocenters. The Hall–Kier alpha value is -4.39. The number of hydrogen-bond donors (Lipinski definition) is 1. The van der Waals surface area contributed by atoms with Crippen LogP contribution < -0.4 is 14.4 Å². The number of benzene rings is 3. The SMILES string of the molecule is O=C1c2cc(F)c(O)cc2CN1c1ccc(OCc2ccccc2)nc1OCc1ccccc1. The Balaban J connectivity index is 1.43. The number of halogens is 1. The molecule has 170 valence electrons.